The molecule has 0 radical (unpaired) electrons. The normalized spacial score (nSPS) is 17.6. The van der Waals surface area contributed by atoms with Gasteiger partial charge < -0.3 is 5.32 Å². The van der Waals surface area contributed by atoms with Crippen molar-refractivity contribution in [3.63, 3.8) is 0 Å². The van der Waals surface area contributed by atoms with Gasteiger partial charge in [0.25, 0.3) is 0 Å². The molecule has 1 amide bonds. The minimum Gasteiger partial charge on any atom is -0.347 e. The van der Waals surface area contributed by atoms with Crippen molar-refractivity contribution in [2.75, 3.05) is 13.1 Å². The Kier molecular flexibility index (Phi) is 7.22. The van der Waals surface area contributed by atoms with E-state index in [2.05, 4.69) is 15.2 Å². The van der Waals surface area contributed by atoms with Gasteiger partial charge in [-0.3, -0.25) is 14.7 Å². The molecule has 0 bridgehead atoms. The zero-order chi connectivity index (χ0) is 22.3. The van der Waals surface area contributed by atoms with Crippen molar-refractivity contribution < 1.29 is 13.6 Å². The minimum atomic E-state index is -0.832. The van der Waals surface area contributed by atoms with E-state index in [0.717, 1.165) is 42.8 Å². The third kappa shape index (κ3) is 5.77. The first-order chi connectivity index (χ1) is 15.6. The summed E-state index contributed by atoms with van der Waals surface area (Å²) in [6.07, 6.45) is 3.98. The average molecular weight is 436 g/mol. The van der Waals surface area contributed by atoms with Crippen molar-refractivity contribution in [1.82, 2.24) is 15.2 Å². The highest BCUT2D eigenvalue weighted by molar-refractivity contribution is 5.79. The summed E-state index contributed by atoms with van der Waals surface area (Å²) in [7, 11) is 0. The highest BCUT2D eigenvalue weighted by Gasteiger charge is 2.30. The van der Waals surface area contributed by atoms with Crippen molar-refractivity contribution in [1.29, 1.82) is 0 Å². The summed E-state index contributed by atoms with van der Waals surface area (Å²) in [6.45, 7) is 2.16. The third-order valence-corrected chi connectivity index (χ3v) is 5.93. The smallest absolute Gasteiger partial charge is 0.224 e. The van der Waals surface area contributed by atoms with E-state index in [9.17, 15) is 13.6 Å². The Balaban J connectivity index is 1.47. The van der Waals surface area contributed by atoms with Gasteiger partial charge in [-0.1, -0.05) is 42.5 Å². The number of benzene rings is 2. The number of pyridine rings is 1. The lowest BCUT2D eigenvalue weighted by molar-refractivity contribution is -0.121. The van der Waals surface area contributed by atoms with Gasteiger partial charge in [0.15, 0.2) is 11.6 Å². The molecule has 2 heterocycles. The number of piperidine rings is 1. The Hall–Kier alpha value is -3.12. The quantitative estimate of drug-likeness (QED) is 0.587. The molecule has 2 aromatic carbocycles. The van der Waals surface area contributed by atoms with Crippen LogP contribution in [-0.2, 0) is 17.8 Å². The molecule has 6 heteroatoms. The average Bonchev–Trinajstić information content (AvgIpc) is 2.81. The van der Waals surface area contributed by atoms with E-state index in [-0.39, 0.29) is 17.9 Å². The van der Waals surface area contributed by atoms with Gasteiger partial charge in [-0.25, -0.2) is 8.78 Å². The third-order valence-electron chi connectivity index (χ3n) is 5.93. The fourth-order valence-electron chi connectivity index (χ4n) is 4.40. The first-order valence-electron chi connectivity index (χ1n) is 11.0. The molecule has 0 spiro atoms. The first-order valence-corrected chi connectivity index (χ1v) is 11.0. The molecule has 0 aliphatic carbocycles. The summed E-state index contributed by atoms with van der Waals surface area (Å²) in [4.78, 5) is 19.6. The van der Waals surface area contributed by atoms with Gasteiger partial charge in [-0.15, -0.1) is 0 Å². The van der Waals surface area contributed by atoms with E-state index in [4.69, 9.17) is 0 Å². The van der Waals surface area contributed by atoms with Crippen LogP contribution in [0, 0.1) is 17.6 Å². The summed E-state index contributed by atoms with van der Waals surface area (Å²) >= 11 is 0. The maximum absolute atomic E-state index is 13.6. The van der Waals surface area contributed by atoms with Crippen LogP contribution in [-0.4, -0.2) is 28.9 Å². The number of nitrogens with one attached hydrogen (secondary N) is 1. The second-order valence-corrected chi connectivity index (χ2v) is 8.35. The second-order valence-electron chi connectivity index (χ2n) is 8.35. The Morgan fingerprint density at radius 1 is 1.03 bits per heavy atom. The number of halogens is 2. The van der Waals surface area contributed by atoms with E-state index in [1.807, 2.05) is 48.5 Å². The SMILES string of the molecule is O=C(Cc1ccccc1)N[C@@H](c1ccccn1)[C@@H]1CCCN(Cc2ccc(F)c(F)c2)C1. The lowest BCUT2D eigenvalue weighted by Crippen LogP contribution is -2.43. The Labute approximate surface area is 187 Å². The summed E-state index contributed by atoms with van der Waals surface area (Å²) in [5, 5.41) is 3.21. The van der Waals surface area contributed by atoms with Gasteiger partial charge in [-0.05, 0) is 60.7 Å². The van der Waals surface area contributed by atoms with Gasteiger partial charge in [0.05, 0.1) is 18.2 Å². The van der Waals surface area contributed by atoms with E-state index in [1.165, 1.54) is 12.1 Å². The number of hydrogen-bond acceptors (Lipinski definition) is 3. The first kappa shape index (κ1) is 22.1. The predicted octanol–water partition coefficient (Wildman–Crippen LogP) is 4.67. The monoisotopic (exact) mass is 435 g/mol. The van der Waals surface area contributed by atoms with Crippen LogP contribution in [0.1, 0.15) is 35.7 Å². The molecule has 1 aromatic heterocycles. The van der Waals surface area contributed by atoms with Crippen LogP contribution in [0.2, 0.25) is 0 Å². The van der Waals surface area contributed by atoms with E-state index < -0.39 is 11.6 Å². The highest BCUT2D eigenvalue weighted by Crippen LogP contribution is 2.30. The lowest BCUT2D eigenvalue weighted by atomic mass is 9.88. The van der Waals surface area contributed by atoms with Crippen LogP contribution < -0.4 is 5.32 Å². The summed E-state index contributed by atoms with van der Waals surface area (Å²) < 4.78 is 26.9. The molecule has 1 saturated heterocycles. The maximum Gasteiger partial charge on any atom is 0.224 e. The lowest BCUT2D eigenvalue weighted by Gasteiger charge is -2.37. The molecule has 0 unspecified atom stereocenters. The Bertz CT molecular complexity index is 1030. The number of aromatic nitrogens is 1. The van der Waals surface area contributed by atoms with Gasteiger partial charge >= 0.3 is 0 Å². The molecular formula is C26H27F2N3O. The van der Waals surface area contributed by atoms with E-state index in [0.29, 0.717) is 13.0 Å². The number of nitrogens with zero attached hydrogens (tertiary/aromatic N) is 2. The largest absolute Gasteiger partial charge is 0.347 e. The Morgan fingerprint density at radius 3 is 2.59 bits per heavy atom. The van der Waals surface area contributed by atoms with E-state index in [1.54, 1.807) is 12.3 Å². The van der Waals surface area contributed by atoms with Crippen LogP contribution >= 0.6 is 0 Å². The molecular weight excluding hydrogens is 408 g/mol. The number of carbonyl (C=O) groups excluding carboxylic acids is 1. The second kappa shape index (κ2) is 10.5. The summed E-state index contributed by atoms with van der Waals surface area (Å²) in [5.41, 5.74) is 2.55. The van der Waals surface area contributed by atoms with Crippen LogP contribution in [0.3, 0.4) is 0 Å². The molecule has 2 atom stereocenters. The Morgan fingerprint density at radius 2 is 1.84 bits per heavy atom. The minimum absolute atomic E-state index is 0.0374. The molecule has 1 fully saturated rings. The molecule has 4 nitrogen and oxygen atoms in total. The van der Waals surface area contributed by atoms with Gasteiger partial charge in [-0.2, -0.15) is 0 Å². The molecule has 4 rings (SSSR count). The molecule has 0 saturated carbocycles. The fourth-order valence-corrected chi connectivity index (χ4v) is 4.40. The van der Waals surface area contributed by atoms with Gasteiger partial charge in [0.2, 0.25) is 5.91 Å². The number of hydrogen-bond donors (Lipinski definition) is 1. The number of amides is 1. The molecule has 1 aliphatic heterocycles. The molecule has 32 heavy (non-hydrogen) atoms. The number of carbonyl (C=O) groups is 1. The molecule has 1 N–H and O–H groups in total. The predicted molar refractivity (Wildman–Crippen MR) is 120 cm³/mol. The number of rotatable bonds is 7. The van der Waals surface area contributed by atoms with Crippen molar-refractivity contribution >= 4 is 5.91 Å². The van der Waals surface area contributed by atoms with Crippen LogP contribution in [0.15, 0.2) is 72.9 Å². The standard InChI is InChI=1S/C26H27F2N3O/c27-22-12-11-20(15-23(22)28)17-31-14-6-9-21(18-31)26(24-10-4-5-13-29-24)30-25(32)16-19-7-2-1-3-8-19/h1-5,7-8,10-13,15,21,26H,6,9,14,16-18H2,(H,30,32)/t21-,26-/m1/s1. The zero-order valence-electron chi connectivity index (χ0n) is 17.9. The fraction of sp³-hybridized carbons (Fsp3) is 0.308. The van der Waals surface area contributed by atoms with Crippen LogP contribution in [0.5, 0.6) is 0 Å². The summed E-state index contributed by atoms with van der Waals surface area (Å²) in [6, 6.07) is 19.3. The van der Waals surface area contributed by atoms with Crippen LogP contribution in [0.25, 0.3) is 0 Å². The molecule has 3 aromatic rings. The molecule has 166 valence electrons. The van der Waals surface area contributed by atoms with Crippen molar-refractivity contribution in [3.05, 3.63) is 101 Å². The van der Waals surface area contributed by atoms with Gasteiger partial charge in [0, 0.05) is 19.3 Å². The van der Waals surface area contributed by atoms with Gasteiger partial charge in [0.1, 0.15) is 0 Å². The summed E-state index contributed by atoms with van der Waals surface area (Å²) in [5.74, 6) is -1.52. The molecule has 1 aliphatic rings. The van der Waals surface area contributed by atoms with Crippen LogP contribution in [0.4, 0.5) is 8.78 Å². The van der Waals surface area contributed by atoms with Crippen molar-refractivity contribution in [2.24, 2.45) is 5.92 Å². The van der Waals surface area contributed by atoms with Crippen molar-refractivity contribution in [2.45, 2.75) is 31.8 Å². The highest BCUT2D eigenvalue weighted by atomic mass is 19.2. The topological polar surface area (TPSA) is 45.2 Å². The van der Waals surface area contributed by atoms with E-state index >= 15 is 0 Å². The number of likely N-dealkylation sites (tertiary alicyclic amines) is 1. The van der Waals surface area contributed by atoms with Crippen molar-refractivity contribution in [3.8, 4) is 0 Å². The maximum atomic E-state index is 13.6. The zero-order valence-corrected chi connectivity index (χ0v) is 17.9.